The Morgan fingerprint density at radius 3 is 2.24 bits per heavy atom. The summed E-state index contributed by atoms with van der Waals surface area (Å²) in [6.07, 6.45) is 1.23. The molecule has 0 bridgehead atoms. The minimum Gasteiger partial charge on any atom is -0.298 e. The number of anilines is 1. The van der Waals surface area contributed by atoms with Gasteiger partial charge in [0.05, 0.1) is 22.0 Å². The average molecular weight is 474 g/mol. The van der Waals surface area contributed by atoms with Crippen molar-refractivity contribution in [3.63, 3.8) is 0 Å². The Morgan fingerprint density at radius 2 is 1.56 bits per heavy atom. The monoisotopic (exact) mass is 473 g/mol. The van der Waals surface area contributed by atoms with Gasteiger partial charge >= 0.3 is 0 Å². The van der Waals surface area contributed by atoms with Gasteiger partial charge in [-0.25, -0.2) is 4.99 Å². The molecule has 1 aliphatic rings. The van der Waals surface area contributed by atoms with Crippen LogP contribution in [0.25, 0.3) is 0 Å². The van der Waals surface area contributed by atoms with Crippen molar-refractivity contribution in [1.29, 1.82) is 0 Å². The van der Waals surface area contributed by atoms with E-state index >= 15 is 0 Å². The minimum atomic E-state index is -4.00. The molecule has 4 rings (SSSR count). The van der Waals surface area contributed by atoms with Crippen molar-refractivity contribution in [2.24, 2.45) is 9.39 Å². The smallest absolute Gasteiger partial charge is 0.282 e. The first-order valence-electron chi connectivity index (χ1n) is 10.6. The molecule has 7 nitrogen and oxygen atoms in total. The van der Waals surface area contributed by atoms with Crippen LogP contribution in [0.2, 0.25) is 0 Å². The molecule has 0 N–H and O–H groups in total. The number of carbonyl (C=O) groups is 2. The number of aliphatic imine (C=N–C) groups is 1. The molecule has 172 valence electrons. The van der Waals surface area contributed by atoms with Crippen molar-refractivity contribution in [2.45, 2.75) is 31.7 Å². The maximum Gasteiger partial charge on any atom is 0.282 e. The van der Waals surface area contributed by atoms with Gasteiger partial charge in [0, 0.05) is 24.3 Å². The third-order valence-corrected chi connectivity index (χ3v) is 6.79. The van der Waals surface area contributed by atoms with E-state index < -0.39 is 16.1 Å². The molecule has 34 heavy (non-hydrogen) atoms. The first-order chi connectivity index (χ1) is 16.2. The summed E-state index contributed by atoms with van der Waals surface area (Å²) in [5.41, 5.74) is 3.48. The van der Waals surface area contributed by atoms with E-state index in [9.17, 15) is 18.0 Å². The lowest BCUT2D eigenvalue weighted by Crippen LogP contribution is -2.40. The van der Waals surface area contributed by atoms with Gasteiger partial charge in [-0.05, 0) is 44.2 Å². The van der Waals surface area contributed by atoms with Gasteiger partial charge in [0.25, 0.3) is 10.0 Å². The van der Waals surface area contributed by atoms with Gasteiger partial charge in [0.1, 0.15) is 6.04 Å². The van der Waals surface area contributed by atoms with E-state index in [2.05, 4.69) is 4.40 Å². The quantitative estimate of drug-likeness (QED) is 0.402. The molecule has 0 fully saturated rings. The Kier molecular flexibility index (Phi) is 6.26. The molecule has 0 saturated heterocycles. The molecule has 0 aromatic heterocycles. The number of Topliss-reactive ketones (excluding diaryl/α,β-unsaturated/α-hetero) is 1. The van der Waals surface area contributed by atoms with Crippen LogP contribution in [-0.2, 0) is 14.8 Å². The van der Waals surface area contributed by atoms with Crippen molar-refractivity contribution in [2.75, 3.05) is 4.90 Å². The molecule has 3 aromatic rings. The lowest BCUT2D eigenvalue weighted by molar-refractivity contribution is -0.116. The van der Waals surface area contributed by atoms with E-state index in [0.29, 0.717) is 28.2 Å². The highest BCUT2D eigenvalue weighted by Gasteiger charge is 2.37. The Morgan fingerprint density at radius 1 is 0.912 bits per heavy atom. The highest BCUT2D eigenvalue weighted by Crippen LogP contribution is 2.34. The van der Waals surface area contributed by atoms with Gasteiger partial charge in [-0.2, -0.15) is 12.8 Å². The number of carbonyl (C=O) groups excluding carboxylic acids is 2. The van der Waals surface area contributed by atoms with E-state index in [1.165, 1.54) is 37.1 Å². The second-order valence-corrected chi connectivity index (χ2v) is 9.60. The van der Waals surface area contributed by atoms with Gasteiger partial charge in [-0.15, -0.1) is 0 Å². The van der Waals surface area contributed by atoms with E-state index in [-0.39, 0.29) is 16.6 Å². The van der Waals surface area contributed by atoms with Crippen molar-refractivity contribution >= 4 is 45.0 Å². The van der Waals surface area contributed by atoms with Gasteiger partial charge in [0.15, 0.2) is 5.78 Å². The highest BCUT2D eigenvalue weighted by molar-refractivity contribution is 7.90. The van der Waals surface area contributed by atoms with Crippen molar-refractivity contribution < 1.29 is 18.0 Å². The third kappa shape index (κ3) is 4.45. The summed E-state index contributed by atoms with van der Waals surface area (Å²) in [6, 6.07) is 19.6. The molecular formula is C26H23N3O4S. The Balaban J connectivity index is 1.86. The van der Waals surface area contributed by atoms with Crippen LogP contribution in [0.4, 0.5) is 11.4 Å². The fourth-order valence-corrected chi connectivity index (χ4v) is 4.75. The predicted molar refractivity (Wildman–Crippen MR) is 133 cm³/mol. The van der Waals surface area contributed by atoms with Crippen LogP contribution in [0.5, 0.6) is 0 Å². The van der Waals surface area contributed by atoms with Crippen LogP contribution in [0, 0.1) is 6.92 Å². The summed E-state index contributed by atoms with van der Waals surface area (Å²) in [5.74, 6) is -0.441. The van der Waals surface area contributed by atoms with Crippen LogP contribution >= 0.6 is 0 Å². The lowest BCUT2D eigenvalue weighted by Gasteiger charge is -2.21. The van der Waals surface area contributed by atoms with Crippen LogP contribution in [0.3, 0.4) is 0 Å². The molecule has 0 radical (unpaired) electrons. The Bertz CT molecular complexity index is 1440. The van der Waals surface area contributed by atoms with E-state index in [1.807, 2.05) is 19.1 Å². The van der Waals surface area contributed by atoms with Crippen LogP contribution < -0.4 is 4.90 Å². The van der Waals surface area contributed by atoms with Gasteiger partial charge < -0.3 is 0 Å². The molecule has 0 aliphatic carbocycles. The predicted octanol–water partition coefficient (Wildman–Crippen LogP) is 4.51. The van der Waals surface area contributed by atoms with E-state index in [1.54, 1.807) is 48.5 Å². The van der Waals surface area contributed by atoms with Gasteiger partial charge in [-0.1, -0.05) is 48.0 Å². The Labute approximate surface area is 198 Å². The van der Waals surface area contributed by atoms with Crippen molar-refractivity contribution in [3.05, 3.63) is 89.5 Å². The molecule has 0 spiro atoms. The molecular weight excluding hydrogens is 450 g/mol. The number of aryl methyl sites for hydroxylation is 1. The summed E-state index contributed by atoms with van der Waals surface area (Å²) < 4.78 is 29.7. The maximum atomic E-state index is 12.9. The standard InChI is InChI=1S/C26H23N3O4S/c1-17-12-14-20(15-13-17)34(32,33)27-16-25-26(28-23-10-6-4-8-21(23)18(2)30)22-9-5-7-11-24(22)29(25)19(3)31/h4-16,25H,1-3H3. The second kappa shape index (κ2) is 9.15. The number of benzene rings is 3. The van der Waals surface area contributed by atoms with Gasteiger partial charge in [0.2, 0.25) is 5.91 Å². The highest BCUT2D eigenvalue weighted by atomic mass is 32.2. The minimum absolute atomic E-state index is 0.0552. The fourth-order valence-electron chi connectivity index (χ4n) is 3.87. The van der Waals surface area contributed by atoms with Gasteiger partial charge in [-0.3, -0.25) is 14.5 Å². The zero-order valence-corrected chi connectivity index (χ0v) is 19.8. The summed E-state index contributed by atoms with van der Waals surface area (Å²) >= 11 is 0. The summed E-state index contributed by atoms with van der Waals surface area (Å²) in [5, 5.41) is 0. The first kappa shape index (κ1) is 23.3. The SMILES string of the molecule is CC(=O)c1ccccc1N=C1c2ccccc2N(C(C)=O)C1C=NS(=O)(=O)c1ccc(C)cc1. The third-order valence-electron chi connectivity index (χ3n) is 5.52. The van der Waals surface area contributed by atoms with Crippen LogP contribution in [0.1, 0.15) is 35.3 Å². The molecule has 1 aliphatic heterocycles. The lowest BCUT2D eigenvalue weighted by atomic mass is 10.1. The van der Waals surface area contributed by atoms with Crippen LogP contribution in [0.15, 0.2) is 87.1 Å². The number of sulfonamides is 1. The van der Waals surface area contributed by atoms with E-state index in [4.69, 9.17) is 4.99 Å². The molecule has 1 unspecified atom stereocenters. The molecule has 1 atom stereocenters. The fraction of sp³-hybridized carbons (Fsp3) is 0.154. The molecule has 0 saturated carbocycles. The summed E-state index contributed by atoms with van der Waals surface area (Å²) in [7, 11) is -4.00. The zero-order valence-electron chi connectivity index (χ0n) is 19.0. The van der Waals surface area contributed by atoms with E-state index in [0.717, 1.165) is 5.56 Å². The molecule has 3 aromatic carbocycles. The maximum absolute atomic E-state index is 12.9. The topological polar surface area (TPSA) is 96.2 Å². The molecule has 1 heterocycles. The Hall–Kier alpha value is -3.91. The molecule has 1 amide bonds. The summed E-state index contributed by atoms with van der Waals surface area (Å²) in [4.78, 5) is 31.0. The number of amides is 1. The zero-order chi connectivity index (χ0) is 24.5. The normalized spacial score (nSPS) is 16.7. The van der Waals surface area contributed by atoms with Crippen LogP contribution in [-0.4, -0.2) is 38.1 Å². The largest absolute Gasteiger partial charge is 0.298 e. The first-order valence-corrected chi connectivity index (χ1v) is 12.1. The summed E-state index contributed by atoms with van der Waals surface area (Å²) in [6.45, 7) is 4.72. The number of hydrogen-bond acceptors (Lipinski definition) is 5. The number of rotatable bonds is 5. The number of hydrogen-bond donors (Lipinski definition) is 0. The number of nitrogens with zero attached hydrogens (tertiary/aromatic N) is 3. The average Bonchev–Trinajstić information content (AvgIpc) is 3.12. The number of para-hydroxylation sites is 2. The number of fused-ring (bicyclic) bond motifs is 1. The molecule has 8 heteroatoms. The second-order valence-electron chi connectivity index (χ2n) is 7.96. The van der Waals surface area contributed by atoms with Crippen molar-refractivity contribution in [1.82, 2.24) is 0 Å². The van der Waals surface area contributed by atoms with Crippen molar-refractivity contribution in [3.8, 4) is 0 Å². The number of ketones is 1.